The molecule has 1 saturated heterocycles. The number of unbranched alkanes of at least 4 members (excludes halogenated alkanes) is 1. The predicted molar refractivity (Wildman–Crippen MR) is 101 cm³/mol. The number of likely N-dealkylation sites (N-methyl/N-ethyl adjacent to an activating group) is 1. The van der Waals surface area contributed by atoms with Gasteiger partial charge in [-0.2, -0.15) is 0 Å². The molecule has 1 atom stereocenters. The first kappa shape index (κ1) is 18.2. The Kier molecular flexibility index (Phi) is 5.44. The molecule has 1 aromatic heterocycles. The van der Waals surface area contributed by atoms with Crippen molar-refractivity contribution < 1.29 is 9.59 Å². The SMILES string of the molecule is CCCCC1C(=O)N(C)CCN1C(=O)NCc1nc2ccc(C)cc2[nH]1. The van der Waals surface area contributed by atoms with Crippen LogP contribution in [0.1, 0.15) is 37.6 Å². The van der Waals surface area contributed by atoms with Gasteiger partial charge in [0.05, 0.1) is 17.6 Å². The summed E-state index contributed by atoms with van der Waals surface area (Å²) < 4.78 is 0. The number of rotatable bonds is 5. The largest absolute Gasteiger partial charge is 0.342 e. The van der Waals surface area contributed by atoms with Crippen LogP contribution in [-0.2, 0) is 11.3 Å². The van der Waals surface area contributed by atoms with Gasteiger partial charge in [-0.25, -0.2) is 9.78 Å². The normalized spacial score (nSPS) is 17.8. The van der Waals surface area contributed by atoms with E-state index in [4.69, 9.17) is 0 Å². The average Bonchev–Trinajstić information content (AvgIpc) is 3.02. The van der Waals surface area contributed by atoms with Crippen LogP contribution in [-0.4, -0.2) is 57.9 Å². The Morgan fingerprint density at radius 1 is 1.38 bits per heavy atom. The highest BCUT2D eigenvalue weighted by molar-refractivity contribution is 5.88. The van der Waals surface area contributed by atoms with Gasteiger partial charge in [0.2, 0.25) is 5.91 Å². The summed E-state index contributed by atoms with van der Waals surface area (Å²) in [6, 6.07) is 5.44. The predicted octanol–water partition coefficient (Wildman–Crippen LogP) is 2.41. The number of piperazine rings is 1. The molecular formula is C19H27N5O2. The number of hydrogen-bond acceptors (Lipinski definition) is 3. The Balaban J connectivity index is 1.66. The number of carbonyl (C=O) groups is 2. The van der Waals surface area contributed by atoms with Crippen LogP contribution in [0.2, 0.25) is 0 Å². The molecule has 1 aliphatic rings. The Labute approximate surface area is 153 Å². The third kappa shape index (κ3) is 3.81. The fraction of sp³-hybridized carbons (Fsp3) is 0.526. The standard InChI is InChI=1S/C19H27N5O2/c1-4-5-6-16-18(25)23(3)9-10-24(16)19(26)20-12-17-21-14-8-7-13(2)11-15(14)22-17/h7-8,11,16H,4-6,9-10,12H2,1-3H3,(H,20,26)(H,21,22). The van der Waals surface area contributed by atoms with E-state index in [9.17, 15) is 9.59 Å². The number of amides is 3. The third-order valence-electron chi connectivity index (χ3n) is 4.90. The molecule has 3 rings (SSSR count). The molecule has 1 unspecified atom stereocenters. The summed E-state index contributed by atoms with van der Waals surface area (Å²) in [5, 5.41) is 2.91. The van der Waals surface area contributed by atoms with E-state index < -0.39 is 0 Å². The van der Waals surface area contributed by atoms with Crippen LogP contribution < -0.4 is 5.32 Å². The van der Waals surface area contributed by atoms with Crippen LogP contribution in [0.5, 0.6) is 0 Å². The lowest BCUT2D eigenvalue weighted by Gasteiger charge is -2.39. The zero-order valence-electron chi connectivity index (χ0n) is 15.7. The second-order valence-corrected chi connectivity index (χ2v) is 6.97. The number of nitrogens with one attached hydrogen (secondary N) is 2. The van der Waals surface area contributed by atoms with Gasteiger partial charge in [0.15, 0.2) is 0 Å². The summed E-state index contributed by atoms with van der Waals surface area (Å²) in [7, 11) is 1.80. The van der Waals surface area contributed by atoms with Gasteiger partial charge in [-0.3, -0.25) is 4.79 Å². The maximum absolute atomic E-state index is 12.7. The second-order valence-electron chi connectivity index (χ2n) is 6.97. The fourth-order valence-electron chi connectivity index (χ4n) is 3.35. The van der Waals surface area contributed by atoms with E-state index in [1.165, 1.54) is 0 Å². The average molecular weight is 357 g/mol. The van der Waals surface area contributed by atoms with E-state index >= 15 is 0 Å². The number of carbonyl (C=O) groups excluding carboxylic acids is 2. The van der Waals surface area contributed by atoms with E-state index in [1.54, 1.807) is 16.8 Å². The summed E-state index contributed by atoms with van der Waals surface area (Å²) in [4.78, 5) is 36.2. The minimum absolute atomic E-state index is 0.0269. The molecule has 0 aliphatic carbocycles. The van der Waals surface area contributed by atoms with Crippen molar-refractivity contribution in [3.8, 4) is 0 Å². The van der Waals surface area contributed by atoms with Gasteiger partial charge in [-0.15, -0.1) is 0 Å². The minimum Gasteiger partial charge on any atom is -0.342 e. The first-order chi connectivity index (χ1) is 12.5. The van der Waals surface area contributed by atoms with Crippen molar-refractivity contribution in [3.63, 3.8) is 0 Å². The number of aromatic nitrogens is 2. The summed E-state index contributed by atoms with van der Waals surface area (Å²) >= 11 is 0. The van der Waals surface area contributed by atoms with Gasteiger partial charge in [0, 0.05) is 20.1 Å². The topological polar surface area (TPSA) is 81.3 Å². The first-order valence-electron chi connectivity index (χ1n) is 9.24. The highest BCUT2D eigenvalue weighted by Gasteiger charge is 2.35. The molecule has 2 N–H and O–H groups in total. The number of nitrogens with zero attached hydrogens (tertiary/aromatic N) is 3. The lowest BCUT2D eigenvalue weighted by Crippen LogP contribution is -2.59. The Morgan fingerprint density at radius 2 is 2.19 bits per heavy atom. The zero-order chi connectivity index (χ0) is 18.7. The number of urea groups is 1. The molecule has 0 bridgehead atoms. The van der Waals surface area contributed by atoms with Crippen molar-refractivity contribution in [1.29, 1.82) is 0 Å². The van der Waals surface area contributed by atoms with Crippen LogP contribution >= 0.6 is 0 Å². The molecule has 1 aliphatic heterocycles. The second kappa shape index (κ2) is 7.76. The zero-order valence-corrected chi connectivity index (χ0v) is 15.7. The molecule has 1 aromatic carbocycles. The number of benzene rings is 1. The van der Waals surface area contributed by atoms with E-state index in [1.807, 2.05) is 25.1 Å². The van der Waals surface area contributed by atoms with Crippen molar-refractivity contribution in [2.45, 2.75) is 45.7 Å². The maximum Gasteiger partial charge on any atom is 0.318 e. The lowest BCUT2D eigenvalue weighted by molar-refractivity contribution is -0.138. The van der Waals surface area contributed by atoms with Crippen molar-refractivity contribution in [2.24, 2.45) is 0 Å². The van der Waals surface area contributed by atoms with Crippen LogP contribution in [0.15, 0.2) is 18.2 Å². The summed E-state index contributed by atoms with van der Waals surface area (Å²) in [6.45, 7) is 5.56. The monoisotopic (exact) mass is 357 g/mol. The molecular weight excluding hydrogens is 330 g/mol. The third-order valence-corrected chi connectivity index (χ3v) is 4.90. The number of hydrogen-bond donors (Lipinski definition) is 2. The van der Waals surface area contributed by atoms with Gasteiger partial charge in [-0.05, 0) is 31.0 Å². The number of H-pyrrole nitrogens is 1. The van der Waals surface area contributed by atoms with Crippen LogP contribution in [0.25, 0.3) is 11.0 Å². The van der Waals surface area contributed by atoms with Crippen LogP contribution in [0.4, 0.5) is 4.79 Å². The quantitative estimate of drug-likeness (QED) is 0.862. The summed E-state index contributed by atoms with van der Waals surface area (Å²) in [5.74, 6) is 0.739. The van der Waals surface area contributed by atoms with E-state index in [2.05, 4.69) is 22.2 Å². The molecule has 2 aromatic rings. The first-order valence-corrected chi connectivity index (χ1v) is 9.24. The smallest absolute Gasteiger partial charge is 0.318 e. The molecule has 7 heteroatoms. The van der Waals surface area contributed by atoms with Gasteiger partial charge in [0.1, 0.15) is 11.9 Å². The van der Waals surface area contributed by atoms with Crippen LogP contribution in [0, 0.1) is 6.92 Å². The van der Waals surface area contributed by atoms with Gasteiger partial charge >= 0.3 is 6.03 Å². The van der Waals surface area contributed by atoms with E-state index in [0.717, 1.165) is 29.4 Å². The Bertz CT molecular complexity index is 800. The van der Waals surface area contributed by atoms with Crippen molar-refractivity contribution in [1.82, 2.24) is 25.1 Å². The highest BCUT2D eigenvalue weighted by Crippen LogP contribution is 2.17. The minimum atomic E-state index is -0.368. The van der Waals surface area contributed by atoms with E-state index in [-0.39, 0.29) is 18.0 Å². The molecule has 26 heavy (non-hydrogen) atoms. The lowest BCUT2D eigenvalue weighted by atomic mass is 10.0. The molecule has 0 saturated carbocycles. The summed E-state index contributed by atoms with van der Waals surface area (Å²) in [6.07, 6.45) is 2.63. The molecule has 0 spiro atoms. The van der Waals surface area contributed by atoms with E-state index in [0.29, 0.717) is 31.9 Å². The Hall–Kier alpha value is -2.57. The number of aryl methyl sites for hydroxylation is 1. The van der Waals surface area contributed by atoms with Crippen molar-refractivity contribution in [3.05, 3.63) is 29.6 Å². The summed E-state index contributed by atoms with van der Waals surface area (Å²) in [5.41, 5.74) is 3.01. The molecule has 7 nitrogen and oxygen atoms in total. The fourth-order valence-corrected chi connectivity index (χ4v) is 3.35. The van der Waals surface area contributed by atoms with Gasteiger partial charge in [0.25, 0.3) is 0 Å². The highest BCUT2D eigenvalue weighted by atomic mass is 16.2. The van der Waals surface area contributed by atoms with Gasteiger partial charge in [-0.1, -0.05) is 25.8 Å². The number of imidazole rings is 1. The molecule has 0 radical (unpaired) electrons. The van der Waals surface area contributed by atoms with Crippen molar-refractivity contribution in [2.75, 3.05) is 20.1 Å². The molecule has 1 fully saturated rings. The Morgan fingerprint density at radius 3 is 2.96 bits per heavy atom. The van der Waals surface area contributed by atoms with Crippen molar-refractivity contribution >= 4 is 23.0 Å². The number of aromatic amines is 1. The molecule has 3 amide bonds. The van der Waals surface area contributed by atoms with Crippen LogP contribution in [0.3, 0.4) is 0 Å². The maximum atomic E-state index is 12.7. The van der Waals surface area contributed by atoms with Gasteiger partial charge < -0.3 is 20.1 Å². The molecule has 140 valence electrons. The number of fused-ring (bicyclic) bond motifs is 1. The molecule has 2 heterocycles.